The van der Waals surface area contributed by atoms with E-state index in [-0.39, 0.29) is 12.0 Å². The van der Waals surface area contributed by atoms with E-state index in [2.05, 4.69) is 5.32 Å². The van der Waals surface area contributed by atoms with E-state index in [1.165, 1.54) is 0 Å². The van der Waals surface area contributed by atoms with Gasteiger partial charge in [0, 0.05) is 12.0 Å². The zero-order valence-corrected chi connectivity index (χ0v) is 10.6. The number of hydrogen-bond donors (Lipinski definition) is 1. The maximum absolute atomic E-state index is 13.5. The molecule has 0 amide bonds. The molecule has 1 N–H and O–H groups in total. The fourth-order valence-corrected chi connectivity index (χ4v) is 2.34. The van der Waals surface area contributed by atoms with E-state index in [0.717, 1.165) is 5.56 Å². The maximum Gasteiger partial charge on any atom is 0.200 e. The Kier molecular flexibility index (Phi) is 3.31. The molecule has 2 aromatic carbocycles. The van der Waals surface area contributed by atoms with Gasteiger partial charge in [-0.3, -0.25) is 0 Å². The highest BCUT2D eigenvalue weighted by atomic mass is 19.2. The van der Waals surface area contributed by atoms with Gasteiger partial charge in [-0.1, -0.05) is 30.3 Å². The van der Waals surface area contributed by atoms with Crippen molar-refractivity contribution in [2.75, 3.05) is 5.32 Å². The summed E-state index contributed by atoms with van der Waals surface area (Å²) in [6.45, 7) is 0. The van der Waals surface area contributed by atoms with Crippen LogP contribution < -0.4 is 5.32 Å². The first kappa shape index (κ1) is 13.9. The Morgan fingerprint density at radius 2 is 1.29 bits per heavy atom. The summed E-state index contributed by atoms with van der Waals surface area (Å²) < 4.78 is 66.2. The van der Waals surface area contributed by atoms with Crippen LogP contribution >= 0.6 is 0 Å². The monoisotopic (exact) mass is 299 g/mol. The third kappa shape index (κ3) is 2.34. The molecule has 6 heteroatoms. The Bertz CT molecular complexity index is 657. The summed E-state index contributed by atoms with van der Waals surface area (Å²) in [4.78, 5) is 0. The van der Waals surface area contributed by atoms with Crippen LogP contribution in [0.2, 0.25) is 0 Å². The van der Waals surface area contributed by atoms with Gasteiger partial charge < -0.3 is 5.32 Å². The molecular weight excluding hydrogens is 289 g/mol. The Labute approximate surface area is 117 Å². The van der Waals surface area contributed by atoms with Crippen molar-refractivity contribution in [3.8, 4) is 0 Å². The molecule has 0 aromatic heterocycles. The summed E-state index contributed by atoms with van der Waals surface area (Å²) >= 11 is 0. The molecule has 2 aromatic rings. The van der Waals surface area contributed by atoms with E-state index >= 15 is 0 Å². The third-order valence-corrected chi connectivity index (χ3v) is 3.56. The maximum atomic E-state index is 13.5. The number of hydrogen-bond acceptors (Lipinski definition) is 1. The molecule has 1 aliphatic rings. The van der Waals surface area contributed by atoms with Gasteiger partial charge in [0.05, 0.1) is 0 Å². The summed E-state index contributed by atoms with van der Waals surface area (Å²) in [5, 5.41) is 2.41. The predicted molar refractivity (Wildman–Crippen MR) is 67.4 cm³/mol. The first-order valence-corrected chi connectivity index (χ1v) is 6.33. The largest absolute Gasteiger partial charge is 0.377 e. The molecule has 2 atom stereocenters. The lowest BCUT2D eigenvalue weighted by Gasteiger charge is -2.10. The molecule has 0 bridgehead atoms. The zero-order chi connectivity index (χ0) is 15.1. The molecular formula is C15H10F5N. The van der Waals surface area contributed by atoms with Crippen LogP contribution in [-0.2, 0) is 0 Å². The van der Waals surface area contributed by atoms with Gasteiger partial charge in [0.1, 0.15) is 5.69 Å². The van der Waals surface area contributed by atoms with Crippen LogP contribution in [0.5, 0.6) is 0 Å². The van der Waals surface area contributed by atoms with E-state index in [1.54, 1.807) is 0 Å². The highest BCUT2D eigenvalue weighted by Crippen LogP contribution is 2.43. The third-order valence-electron chi connectivity index (χ3n) is 3.56. The molecule has 2 unspecified atom stereocenters. The van der Waals surface area contributed by atoms with Gasteiger partial charge in [0.2, 0.25) is 5.82 Å². The van der Waals surface area contributed by atoms with Crippen molar-refractivity contribution >= 4 is 5.69 Å². The molecule has 0 aliphatic heterocycles. The molecule has 0 spiro atoms. The average Bonchev–Trinajstić information content (AvgIpc) is 3.28. The summed E-state index contributed by atoms with van der Waals surface area (Å²) in [6, 6.07) is 8.83. The van der Waals surface area contributed by atoms with Gasteiger partial charge in [0.25, 0.3) is 0 Å². The summed E-state index contributed by atoms with van der Waals surface area (Å²) in [5.41, 5.74) is -0.00583. The second kappa shape index (κ2) is 5.02. The minimum atomic E-state index is -2.15. The molecule has 1 saturated carbocycles. The fraction of sp³-hybridized carbons (Fsp3) is 0.200. The Morgan fingerprint density at radius 1 is 0.762 bits per heavy atom. The van der Waals surface area contributed by atoms with Crippen molar-refractivity contribution in [2.45, 2.75) is 18.4 Å². The highest BCUT2D eigenvalue weighted by Gasteiger charge is 2.40. The molecule has 1 aliphatic carbocycles. The van der Waals surface area contributed by atoms with Crippen LogP contribution in [-0.4, -0.2) is 6.04 Å². The lowest BCUT2D eigenvalue weighted by Crippen LogP contribution is -2.12. The van der Waals surface area contributed by atoms with Gasteiger partial charge in [-0.25, -0.2) is 22.0 Å². The second-order valence-electron chi connectivity index (χ2n) is 4.95. The number of halogens is 5. The van der Waals surface area contributed by atoms with Crippen LogP contribution in [0.3, 0.4) is 0 Å². The standard InChI is InChI=1S/C15H10F5N/c16-10-11(17)13(19)15(14(20)12(10)18)21-9-6-8(9)7-4-2-1-3-5-7/h1-5,8-9,21H,6H2. The summed E-state index contributed by atoms with van der Waals surface area (Å²) in [5.74, 6) is -9.68. The van der Waals surface area contributed by atoms with Crippen molar-refractivity contribution < 1.29 is 22.0 Å². The molecule has 3 rings (SSSR count). The fourth-order valence-electron chi connectivity index (χ4n) is 2.34. The first-order valence-electron chi connectivity index (χ1n) is 6.33. The Balaban J connectivity index is 1.85. The van der Waals surface area contributed by atoms with Gasteiger partial charge in [-0.05, 0) is 12.0 Å². The van der Waals surface area contributed by atoms with Crippen LogP contribution in [0.15, 0.2) is 30.3 Å². The van der Waals surface area contributed by atoms with E-state index in [0.29, 0.717) is 6.42 Å². The molecule has 110 valence electrons. The number of anilines is 1. The van der Waals surface area contributed by atoms with Gasteiger partial charge in [-0.15, -0.1) is 0 Å². The Hall–Kier alpha value is -2.11. The smallest absolute Gasteiger partial charge is 0.200 e. The quantitative estimate of drug-likeness (QED) is 0.505. The first-order chi connectivity index (χ1) is 10.0. The molecule has 0 heterocycles. The van der Waals surface area contributed by atoms with Crippen molar-refractivity contribution in [3.05, 3.63) is 65.0 Å². The minimum Gasteiger partial charge on any atom is -0.377 e. The molecule has 1 fully saturated rings. The van der Waals surface area contributed by atoms with Crippen molar-refractivity contribution in [1.82, 2.24) is 0 Å². The van der Waals surface area contributed by atoms with Gasteiger partial charge in [-0.2, -0.15) is 0 Å². The number of rotatable bonds is 3. The van der Waals surface area contributed by atoms with Crippen LogP contribution in [0.25, 0.3) is 0 Å². The second-order valence-corrected chi connectivity index (χ2v) is 4.95. The number of nitrogens with one attached hydrogen (secondary N) is 1. The van der Waals surface area contributed by atoms with E-state index in [9.17, 15) is 22.0 Å². The van der Waals surface area contributed by atoms with Crippen LogP contribution in [0, 0.1) is 29.1 Å². The van der Waals surface area contributed by atoms with Crippen molar-refractivity contribution in [1.29, 1.82) is 0 Å². The van der Waals surface area contributed by atoms with E-state index in [4.69, 9.17) is 0 Å². The SMILES string of the molecule is Fc1c(F)c(F)c(NC2CC2c2ccccc2)c(F)c1F. The molecule has 0 saturated heterocycles. The normalized spacial score (nSPS) is 20.4. The topological polar surface area (TPSA) is 12.0 Å². The van der Waals surface area contributed by atoms with E-state index < -0.39 is 34.8 Å². The van der Waals surface area contributed by atoms with Crippen molar-refractivity contribution in [2.24, 2.45) is 0 Å². The summed E-state index contributed by atoms with van der Waals surface area (Å²) in [6.07, 6.45) is 0.573. The van der Waals surface area contributed by atoms with Gasteiger partial charge >= 0.3 is 0 Å². The lowest BCUT2D eigenvalue weighted by molar-refractivity contribution is 0.381. The summed E-state index contributed by atoms with van der Waals surface area (Å²) in [7, 11) is 0. The van der Waals surface area contributed by atoms with Crippen LogP contribution in [0.4, 0.5) is 27.6 Å². The molecule has 0 radical (unpaired) electrons. The number of benzene rings is 2. The highest BCUT2D eigenvalue weighted by molar-refractivity contribution is 5.51. The predicted octanol–water partition coefficient (Wildman–Crippen LogP) is 4.35. The molecule has 21 heavy (non-hydrogen) atoms. The molecule has 1 nitrogen and oxygen atoms in total. The minimum absolute atomic E-state index is 0.00109. The van der Waals surface area contributed by atoms with Crippen LogP contribution in [0.1, 0.15) is 17.9 Å². The lowest BCUT2D eigenvalue weighted by atomic mass is 10.1. The Morgan fingerprint density at radius 3 is 1.86 bits per heavy atom. The average molecular weight is 299 g/mol. The zero-order valence-electron chi connectivity index (χ0n) is 10.6. The van der Waals surface area contributed by atoms with E-state index in [1.807, 2.05) is 30.3 Å². The van der Waals surface area contributed by atoms with Gasteiger partial charge in [0.15, 0.2) is 23.3 Å². The van der Waals surface area contributed by atoms with Crippen molar-refractivity contribution in [3.63, 3.8) is 0 Å².